The van der Waals surface area contributed by atoms with Crippen molar-refractivity contribution in [1.82, 2.24) is 5.43 Å². The van der Waals surface area contributed by atoms with Crippen molar-refractivity contribution in [3.05, 3.63) is 65.7 Å². The number of nitrogens with one attached hydrogen (secondary N) is 1. The molecular formula is C17H18N2O2. The molecule has 108 valence electrons. The Balaban J connectivity index is 1.70. The maximum atomic E-state index is 11.6. The first-order valence-corrected chi connectivity index (χ1v) is 6.78. The molecule has 0 aromatic heterocycles. The van der Waals surface area contributed by atoms with Crippen LogP contribution < -0.4 is 10.2 Å². The largest absolute Gasteiger partial charge is 0.484 e. The molecule has 0 heterocycles. The van der Waals surface area contributed by atoms with Gasteiger partial charge in [-0.1, -0.05) is 42.5 Å². The fraction of sp³-hybridized carbons (Fsp3) is 0.176. The molecule has 4 nitrogen and oxygen atoms in total. The molecule has 0 atom stereocenters. The molecule has 0 saturated carbocycles. The second kappa shape index (κ2) is 7.85. The SMILES string of the molecule is Cc1cccc(OCC(=O)NN=CCc2ccccc2)c1. The highest BCUT2D eigenvalue weighted by Gasteiger charge is 2.01. The van der Waals surface area contributed by atoms with Crippen LogP contribution >= 0.6 is 0 Å². The summed E-state index contributed by atoms with van der Waals surface area (Å²) in [5, 5.41) is 3.89. The van der Waals surface area contributed by atoms with Gasteiger partial charge in [-0.15, -0.1) is 0 Å². The van der Waals surface area contributed by atoms with E-state index < -0.39 is 0 Å². The fourth-order valence-corrected chi connectivity index (χ4v) is 1.77. The van der Waals surface area contributed by atoms with Crippen LogP contribution in [0.5, 0.6) is 5.75 Å². The molecule has 2 rings (SSSR count). The van der Waals surface area contributed by atoms with Crippen LogP contribution in [0.2, 0.25) is 0 Å². The van der Waals surface area contributed by atoms with Gasteiger partial charge >= 0.3 is 0 Å². The number of carbonyl (C=O) groups is 1. The Labute approximate surface area is 124 Å². The van der Waals surface area contributed by atoms with Crippen molar-refractivity contribution < 1.29 is 9.53 Å². The maximum Gasteiger partial charge on any atom is 0.277 e. The van der Waals surface area contributed by atoms with Crippen LogP contribution in [-0.4, -0.2) is 18.7 Å². The Morgan fingerprint density at radius 2 is 2.00 bits per heavy atom. The minimum Gasteiger partial charge on any atom is -0.484 e. The molecule has 0 saturated heterocycles. The van der Waals surface area contributed by atoms with Crippen molar-refractivity contribution in [2.45, 2.75) is 13.3 Å². The van der Waals surface area contributed by atoms with Crippen molar-refractivity contribution in [1.29, 1.82) is 0 Å². The number of ether oxygens (including phenoxy) is 1. The Hall–Kier alpha value is -2.62. The summed E-state index contributed by atoms with van der Waals surface area (Å²) in [7, 11) is 0. The average Bonchev–Trinajstić information content (AvgIpc) is 2.51. The van der Waals surface area contributed by atoms with E-state index in [2.05, 4.69) is 10.5 Å². The van der Waals surface area contributed by atoms with E-state index in [1.54, 1.807) is 6.21 Å². The van der Waals surface area contributed by atoms with Crippen molar-refractivity contribution in [3.8, 4) is 5.75 Å². The Bertz CT molecular complexity index is 609. The van der Waals surface area contributed by atoms with Crippen LogP contribution in [0.25, 0.3) is 0 Å². The minimum atomic E-state index is -0.277. The second-order valence-electron chi connectivity index (χ2n) is 4.64. The van der Waals surface area contributed by atoms with Crippen LogP contribution in [-0.2, 0) is 11.2 Å². The number of hydrazone groups is 1. The van der Waals surface area contributed by atoms with E-state index in [-0.39, 0.29) is 12.5 Å². The lowest BCUT2D eigenvalue weighted by atomic mass is 10.2. The molecule has 0 fully saturated rings. The third-order valence-electron chi connectivity index (χ3n) is 2.81. The molecule has 0 radical (unpaired) electrons. The number of benzene rings is 2. The summed E-state index contributed by atoms with van der Waals surface area (Å²) in [5.74, 6) is 0.402. The molecular weight excluding hydrogens is 264 g/mol. The van der Waals surface area contributed by atoms with Gasteiger partial charge in [0.1, 0.15) is 5.75 Å². The number of nitrogens with zero attached hydrogens (tertiary/aromatic N) is 1. The summed E-state index contributed by atoms with van der Waals surface area (Å²) in [6.45, 7) is 1.92. The number of aryl methyl sites for hydroxylation is 1. The highest BCUT2D eigenvalue weighted by molar-refractivity contribution is 5.78. The number of rotatable bonds is 6. The van der Waals surface area contributed by atoms with E-state index in [4.69, 9.17) is 4.74 Å². The van der Waals surface area contributed by atoms with E-state index >= 15 is 0 Å². The van der Waals surface area contributed by atoms with Crippen molar-refractivity contribution in [2.24, 2.45) is 5.10 Å². The van der Waals surface area contributed by atoms with Gasteiger partial charge in [0.25, 0.3) is 5.91 Å². The highest BCUT2D eigenvalue weighted by Crippen LogP contribution is 2.11. The normalized spacial score (nSPS) is 10.5. The molecule has 2 aromatic carbocycles. The van der Waals surface area contributed by atoms with Crippen LogP contribution in [0.4, 0.5) is 0 Å². The number of amides is 1. The molecule has 0 aliphatic heterocycles. The first-order chi connectivity index (χ1) is 10.2. The Morgan fingerprint density at radius 1 is 1.19 bits per heavy atom. The highest BCUT2D eigenvalue weighted by atomic mass is 16.5. The fourth-order valence-electron chi connectivity index (χ4n) is 1.77. The first-order valence-electron chi connectivity index (χ1n) is 6.78. The predicted octanol–water partition coefficient (Wildman–Crippen LogP) is 2.72. The predicted molar refractivity (Wildman–Crippen MR) is 83.5 cm³/mol. The third kappa shape index (κ3) is 5.48. The zero-order valence-electron chi connectivity index (χ0n) is 12.0. The quantitative estimate of drug-likeness (QED) is 0.654. The molecule has 1 N–H and O–H groups in total. The smallest absolute Gasteiger partial charge is 0.277 e. The molecule has 0 unspecified atom stereocenters. The lowest BCUT2D eigenvalue weighted by Crippen LogP contribution is -2.24. The summed E-state index contributed by atoms with van der Waals surface area (Å²) in [5.41, 5.74) is 4.68. The van der Waals surface area contributed by atoms with Gasteiger partial charge in [-0.05, 0) is 30.2 Å². The maximum absolute atomic E-state index is 11.6. The summed E-state index contributed by atoms with van der Waals surface area (Å²) >= 11 is 0. The van der Waals surface area contributed by atoms with Crippen molar-refractivity contribution >= 4 is 12.1 Å². The molecule has 4 heteroatoms. The van der Waals surface area contributed by atoms with Gasteiger partial charge in [0.05, 0.1) is 0 Å². The molecule has 0 aliphatic carbocycles. The third-order valence-corrected chi connectivity index (χ3v) is 2.81. The second-order valence-corrected chi connectivity index (χ2v) is 4.64. The van der Waals surface area contributed by atoms with Crippen LogP contribution in [0.3, 0.4) is 0 Å². The number of hydrogen-bond donors (Lipinski definition) is 1. The topological polar surface area (TPSA) is 50.7 Å². The standard InChI is InChI=1S/C17H18N2O2/c1-14-6-5-9-16(12-14)21-13-17(20)19-18-11-10-15-7-3-2-4-8-15/h2-9,11-12H,10,13H2,1H3,(H,19,20). The average molecular weight is 282 g/mol. The van der Waals surface area contributed by atoms with Gasteiger partial charge in [-0.25, -0.2) is 5.43 Å². The summed E-state index contributed by atoms with van der Waals surface area (Å²) < 4.78 is 5.38. The lowest BCUT2D eigenvalue weighted by molar-refractivity contribution is -0.123. The van der Waals surface area contributed by atoms with E-state index in [1.807, 2.05) is 61.5 Å². The van der Waals surface area contributed by atoms with Crippen molar-refractivity contribution in [3.63, 3.8) is 0 Å². The Morgan fingerprint density at radius 3 is 2.76 bits per heavy atom. The molecule has 0 bridgehead atoms. The van der Waals surface area contributed by atoms with Gasteiger partial charge in [-0.3, -0.25) is 4.79 Å². The first kappa shape index (κ1) is 14.8. The van der Waals surface area contributed by atoms with Gasteiger partial charge in [0, 0.05) is 12.6 Å². The lowest BCUT2D eigenvalue weighted by Gasteiger charge is -2.05. The van der Waals surface area contributed by atoms with E-state index in [0.717, 1.165) is 11.1 Å². The van der Waals surface area contributed by atoms with E-state index in [9.17, 15) is 4.79 Å². The molecule has 1 amide bonds. The number of carbonyl (C=O) groups excluding carboxylic acids is 1. The summed E-state index contributed by atoms with van der Waals surface area (Å²) in [6, 6.07) is 17.5. The van der Waals surface area contributed by atoms with Crippen molar-refractivity contribution in [2.75, 3.05) is 6.61 Å². The van der Waals surface area contributed by atoms with Gasteiger partial charge in [0.2, 0.25) is 0 Å². The molecule has 0 aliphatic rings. The van der Waals surface area contributed by atoms with Crippen LogP contribution in [0.1, 0.15) is 11.1 Å². The summed E-state index contributed by atoms with van der Waals surface area (Å²) in [4.78, 5) is 11.6. The monoisotopic (exact) mass is 282 g/mol. The van der Waals surface area contributed by atoms with Crippen LogP contribution in [0, 0.1) is 6.92 Å². The van der Waals surface area contributed by atoms with E-state index in [1.165, 1.54) is 0 Å². The molecule has 0 spiro atoms. The van der Waals surface area contributed by atoms with E-state index in [0.29, 0.717) is 12.2 Å². The zero-order chi connectivity index (χ0) is 14.9. The molecule has 2 aromatic rings. The number of hydrogen-bond acceptors (Lipinski definition) is 3. The van der Waals surface area contributed by atoms with Crippen LogP contribution in [0.15, 0.2) is 59.7 Å². The van der Waals surface area contributed by atoms with Gasteiger partial charge < -0.3 is 4.74 Å². The van der Waals surface area contributed by atoms with Gasteiger partial charge in [-0.2, -0.15) is 5.10 Å². The molecule has 21 heavy (non-hydrogen) atoms. The van der Waals surface area contributed by atoms with Gasteiger partial charge in [0.15, 0.2) is 6.61 Å². The summed E-state index contributed by atoms with van der Waals surface area (Å²) in [6.07, 6.45) is 2.35. The Kier molecular flexibility index (Phi) is 5.52. The minimum absolute atomic E-state index is 0.0495. The zero-order valence-corrected chi connectivity index (χ0v) is 12.0.